The average molecular weight is 305 g/mol. The Hall–Kier alpha value is -2.02. The minimum absolute atomic E-state index is 0.0822. The van der Waals surface area contributed by atoms with E-state index < -0.39 is 28.9 Å². The average Bonchev–Trinajstić information content (AvgIpc) is 2.88. The SMILES string of the molecule is O=C(NCc1cc(CCl)no1)c1cc(F)c(F)cc1F. The molecule has 0 unspecified atom stereocenters. The molecule has 1 aromatic heterocycles. The first-order valence-electron chi connectivity index (χ1n) is 5.44. The van der Waals surface area contributed by atoms with Gasteiger partial charge in [0, 0.05) is 12.1 Å². The van der Waals surface area contributed by atoms with Crippen molar-refractivity contribution < 1.29 is 22.5 Å². The summed E-state index contributed by atoms with van der Waals surface area (Å²) in [5.41, 5.74) is -0.115. The highest BCUT2D eigenvalue weighted by molar-refractivity contribution is 6.16. The van der Waals surface area contributed by atoms with E-state index in [0.717, 1.165) is 0 Å². The highest BCUT2D eigenvalue weighted by atomic mass is 35.5. The van der Waals surface area contributed by atoms with Crippen LogP contribution in [0.4, 0.5) is 13.2 Å². The van der Waals surface area contributed by atoms with Gasteiger partial charge >= 0.3 is 0 Å². The zero-order valence-corrected chi connectivity index (χ0v) is 10.7. The van der Waals surface area contributed by atoms with Crippen molar-refractivity contribution >= 4 is 17.5 Å². The summed E-state index contributed by atoms with van der Waals surface area (Å²) in [5, 5.41) is 5.88. The van der Waals surface area contributed by atoms with E-state index in [0.29, 0.717) is 23.6 Å². The van der Waals surface area contributed by atoms with Crippen LogP contribution in [0.15, 0.2) is 22.7 Å². The molecule has 0 saturated carbocycles. The number of hydrogen-bond acceptors (Lipinski definition) is 3. The van der Waals surface area contributed by atoms with Crippen LogP contribution in [-0.2, 0) is 12.4 Å². The molecule has 0 fully saturated rings. The van der Waals surface area contributed by atoms with Gasteiger partial charge in [0.2, 0.25) is 0 Å². The molecule has 20 heavy (non-hydrogen) atoms. The summed E-state index contributed by atoms with van der Waals surface area (Å²) in [4.78, 5) is 11.7. The second kappa shape index (κ2) is 5.96. The third-order valence-corrected chi connectivity index (χ3v) is 2.70. The molecule has 106 valence electrons. The number of carbonyl (C=O) groups is 1. The van der Waals surface area contributed by atoms with Gasteiger partial charge in [0.05, 0.1) is 23.7 Å². The van der Waals surface area contributed by atoms with Crippen LogP contribution in [0.25, 0.3) is 0 Å². The maximum Gasteiger partial charge on any atom is 0.254 e. The molecule has 0 atom stereocenters. The lowest BCUT2D eigenvalue weighted by Crippen LogP contribution is -2.24. The lowest BCUT2D eigenvalue weighted by Gasteiger charge is -2.04. The molecule has 0 spiro atoms. The molecule has 0 radical (unpaired) electrons. The summed E-state index contributed by atoms with van der Waals surface area (Å²) in [6, 6.07) is 2.31. The minimum atomic E-state index is -1.36. The first-order chi connectivity index (χ1) is 9.51. The number of amides is 1. The van der Waals surface area contributed by atoms with E-state index in [1.54, 1.807) is 0 Å². The number of rotatable bonds is 4. The molecular formula is C12H8ClF3N2O2. The summed E-state index contributed by atoms with van der Waals surface area (Å²) >= 11 is 5.52. The van der Waals surface area contributed by atoms with E-state index >= 15 is 0 Å². The van der Waals surface area contributed by atoms with Gasteiger partial charge in [0.15, 0.2) is 17.4 Å². The fourth-order valence-corrected chi connectivity index (χ4v) is 1.59. The molecule has 4 nitrogen and oxygen atoms in total. The summed E-state index contributed by atoms with van der Waals surface area (Å²) in [7, 11) is 0. The van der Waals surface area contributed by atoms with Crippen molar-refractivity contribution in [2.24, 2.45) is 0 Å². The smallest absolute Gasteiger partial charge is 0.254 e. The van der Waals surface area contributed by atoms with Gasteiger partial charge in [0.1, 0.15) is 5.82 Å². The van der Waals surface area contributed by atoms with E-state index in [-0.39, 0.29) is 12.4 Å². The number of carbonyl (C=O) groups excluding carboxylic acids is 1. The maximum atomic E-state index is 13.3. The van der Waals surface area contributed by atoms with Gasteiger partial charge in [-0.15, -0.1) is 11.6 Å². The van der Waals surface area contributed by atoms with E-state index in [1.165, 1.54) is 6.07 Å². The van der Waals surface area contributed by atoms with Gasteiger partial charge < -0.3 is 9.84 Å². The molecule has 8 heteroatoms. The van der Waals surface area contributed by atoms with Crippen LogP contribution in [0.5, 0.6) is 0 Å². The largest absolute Gasteiger partial charge is 0.359 e. The van der Waals surface area contributed by atoms with Gasteiger partial charge in [-0.1, -0.05) is 5.16 Å². The lowest BCUT2D eigenvalue weighted by molar-refractivity contribution is 0.0942. The number of halogens is 4. The Kier molecular flexibility index (Phi) is 4.29. The van der Waals surface area contributed by atoms with Crippen LogP contribution >= 0.6 is 11.6 Å². The van der Waals surface area contributed by atoms with E-state index in [1.807, 2.05) is 0 Å². The van der Waals surface area contributed by atoms with Crippen LogP contribution in [0.3, 0.4) is 0 Å². The van der Waals surface area contributed by atoms with Crippen molar-refractivity contribution in [3.8, 4) is 0 Å². The van der Waals surface area contributed by atoms with Crippen LogP contribution in [-0.4, -0.2) is 11.1 Å². The molecule has 0 saturated heterocycles. The van der Waals surface area contributed by atoms with Gasteiger partial charge in [-0.05, 0) is 6.07 Å². The van der Waals surface area contributed by atoms with Gasteiger partial charge in [-0.3, -0.25) is 4.79 Å². The summed E-state index contributed by atoms with van der Waals surface area (Å²) in [6.07, 6.45) is 0. The molecular weight excluding hydrogens is 297 g/mol. The van der Waals surface area contributed by atoms with Crippen molar-refractivity contribution in [1.82, 2.24) is 10.5 Å². The predicted octanol–water partition coefficient (Wildman–Crippen LogP) is 2.76. The fraction of sp³-hybridized carbons (Fsp3) is 0.167. The molecule has 1 amide bonds. The van der Waals surface area contributed by atoms with Crippen molar-refractivity contribution in [3.05, 3.63) is 52.7 Å². The van der Waals surface area contributed by atoms with E-state index in [4.69, 9.17) is 16.1 Å². The normalized spacial score (nSPS) is 10.6. The number of benzene rings is 1. The second-order valence-electron chi connectivity index (χ2n) is 3.85. The Balaban J connectivity index is 2.07. The molecule has 1 heterocycles. The molecule has 1 aromatic carbocycles. The first-order valence-corrected chi connectivity index (χ1v) is 5.98. The standard InChI is InChI=1S/C12H8ClF3N2O2/c13-4-6-1-7(20-18-6)5-17-12(19)8-2-10(15)11(16)3-9(8)14/h1-3H,4-5H2,(H,17,19). The number of alkyl halides is 1. The third-order valence-electron chi connectivity index (χ3n) is 2.42. The molecule has 2 aromatic rings. The van der Waals surface area contributed by atoms with Gasteiger partial charge in [-0.25, -0.2) is 13.2 Å². The fourth-order valence-electron chi connectivity index (χ4n) is 1.46. The molecule has 0 aliphatic heterocycles. The van der Waals surface area contributed by atoms with Gasteiger partial charge in [-0.2, -0.15) is 0 Å². The van der Waals surface area contributed by atoms with Crippen LogP contribution < -0.4 is 5.32 Å². The quantitative estimate of drug-likeness (QED) is 0.698. The number of aromatic nitrogens is 1. The lowest BCUT2D eigenvalue weighted by atomic mass is 10.2. The molecule has 0 aliphatic carbocycles. The first kappa shape index (κ1) is 14.4. The Morgan fingerprint density at radius 2 is 1.90 bits per heavy atom. The number of nitrogens with one attached hydrogen (secondary N) is 1. The van der Waals surface area contributed by atoms with E-state index in [2.05, 4.69) is 10.5 Å². The Morgan fingerprint density at radius 1 is 1.20 bits per heavy atom. The summed E-state index contributed by atoms with van der Waals surface area (Å²) in [5.74, 6) is -4.26. The molecule has 1 N–H and O–H groups in total. The van der Waals surface area contributed by atoms with Crippen molar-refractivity contribution in [1.29, 1.82) is 0 Å². The van der Waals surface area contributed by atoms with Crippen molar-refractivity contribution in [3.63, 3.8) is 0 Å². The summed E-state index contributed by atoms with van der Waals surface area (Å²) < 4.78 is 43.9. The topological polar surface area (TPSA) is 55.1 Å². The zero-order chi connectivity index (χ0) is 14.7. The zero-order valence-electron chi connectivity index (χ0n) is 9.92. The highest BCUT2D eigenvalue weighted by Crippen LogP contribution is 2.14. The third kappa shape index (κ3) is 3.11. The molecule has 0 aliphatic rings. The number of hydrogen-bond donors (Lipinski definition) is 1. The Bertz CT molecular complexity index is 646. The predicted molar refractivity (Wildman–Crippen MR) is 63.5 cm³/mol. The Morgan fingerprint density at radius 3 is 2.55 bits per heavy atom. The van der Waals surface area contributed by atoms with Crippen LogP contribution in [0.1, 0.15) is 21.8 Å². The monoisotopic (exact) mass is 304 g/mol. The van der Waals surface area contributed by atoms with Gasteiger partial charge in [0.25, 0.3) is 5.91 Å². The summed E-state index contributed by atoms with van der Waals surface area (Å²) in [6.45, 7) is -0.0822. The van der Waals surface area contributed by atoms with E-state index in [9.17, 15) is 18.0 Å². The second-order valence-corrected chi connectivity index (χ2v) is 4.11. The van der Waals surface area contributed by atoms with Crippen LogP contribution in [0, 0.1) is 17.5 Å². The van der Waals surface area contributed by atoms with Crippen LogP contribution in [0.2, 0.25) is 0 Å². The minimum Gasteiger partial charge on any atom is -0.359 e. The Labute approximate surface area is 116 Å². The van der Waals surface area contributed by atoms with Crippen molar-refractivity contribution in [2.75, 3.05) is 0 Å². The molecule has 2 rings (SSSR count). The van der Waals surface area contributed by atoms with Crippen molar-refractivity contribution in [2.45, 2.75) is 12.4 Å². The molecule has 0 bridgehead atoms. The highest BCUT2D eigenvalue weighted by Gasteiger charge is 2.16. The maximum absolute atomic E-state index is 13.3. The number of nitrogens with zero attached hydrogens (tertiary/aromatic N) is 1.